The van der Waals surface area contributed by atoms with Crippen molar-refractivity contribution in [2.45, 2.75) is 47.0 Å². The van der Waals surface area contributed by atoms with Crippen LogP contribution in [0.4, 0.5) is 5.13 Å². The quantitative estimate of drug-likeness (QED) is 0.690. The van der Waals surface area contributed by atoms with Crippen LogP contribution in [0.5, 0.6) is 17.2 Å². The maximum atomic E-state index is 12.9. The van der Waals surface area contributed by atoms with E-state index in [1.165, 1.54) is 4.88 Å². The molecular formula is C21H28N2O4S. The Kier molecular flexibility index (Phi) is 6.78. The van der Waals surface area contributed by atoms with Gasteiger partial charge in [0.05, 0.1) is 25.5 Å². The van der Waals surface area contributed by atoms with Crippen molar-refractivity contribution in [2.75, 3.05) is 25.1 Å². The fraction of sp³-hybridized carbons (Fsp3) is 0.524. The number of aromatic nitrogens is 1. The van der Waals surface area contributed by atoms with E-state index in [1.807, 2.05) is 20.8 Å². The number of amides is 1. The monoisotopic (exact) mass is 404 g/mol. The molecule has 1 N–H and O–H groups in total. The molecule has 1 unspecified atom stereocenters. The van der Waals surface area contributed by atoms with Gasteiger partial charge in [0.1, 0.15) is 0 Å². The third-order valence-corrected chi connectivity index (χ3v) is 5.61. The minimum Gasteiger partial charge on any atom is -0.490 e. The third kappa shape index (κ3) is 4.58. The molecule has 0 bridgehead atoms. The SMILES string of the molecule is CCOc1cc(C(=O)Nc2nc3c(s2)CC(C)CC3)cc(OCC)c1OCC. The van der Waals surface area contributed by atoms with Crippen LogP contribution in [0.1, 0.15) is 55.0 Å². The molecule has 1 aromatic heterocycles. The van der Waals surface area contributed by atoms with Crippen molar-refractivity contribution in [1.82, 2.24) is 4.98 Å². The number of nitrogens with zero attached hydrogens (tertiary/aromatic N) is 1. The standard InChI is InChI=1S/C21H28N2O4S/c1-5-25-16-11-14(12-17(26-6-2)19(16)27-7-3)20(24)23-21-22-15-9-8-13(4)10-18(15)28-21/h11-13H,5-10H2,1-4H3,(H,22,23,24). The van der Waals surface area contributed by atoms with Gasteiger partial charge in [-0.2, -0.15) is 0 Å². The molecule has 0 aliphatic heterocycles. The van der Waals surface area contributed by atoms with Crippen LogP contribution >= 0.6 is 11.3 Å². The normalized spacial score (nSPS) is 15.6. The van der Waals surface area contributed by atoms with Crippen molar-refractivity contribution in [2.24, 2.45) is 5.92 Å². The van der Waals surface area contributed by atoms with Crippen molar-refractivity contribution >= 4 is 22.4 Å². The Morgan fingerprint density at radius 1 is 1.14 bits per heavy atom. The van der Waals surface area contributed by atoms with Crippen molar-refractivity contribution in [3.05, 3.63) is 28.3 Å². The minimum atomic E-state index is -0.232. The Hall–Kier alpha value is -2.28. The van der Waals surface area contributed by atoms with E-state index in [0.29, 0.717) is 53.7 Å². The first-order valence-electron chi connectivity index (χ1n) is 9.91. The van der Waals surface area contributed by atoms with Gasteiger partial charge in [0.15, 0.2) is 16.6 Å². The molecule has 0 spiro atoms. The molecule has 0 fully saturated rings. The van der Waals surface area contributed by atoms with Gasteiger partial charge in [-0.15, -0.1) is 11.3 Å². The van der Waals surface area contributed by atoms with Crippen molar-refractivity contribution < 1.29 is 19.0 Å². The average molecular weight is 405 g/mol. The number of fused-ring (bicyclic) bond motifs is 1. The van der Waals surface area contributed by atoms with Crippen LogP contribution in [0.3, 0.4) is 0 Å². The number of hydrogen-bond donors (Lipinski definition) is 1. The first kappa shape index (κ1) is 20.5. The predicted molar refractivity (Wildman–Crippen MR) is 111 cm³/mol. The molecule has 2 aromatic rings. The van der Waals surface area contributed by atoms with E-state index in [4.69, 9.17) is 14.2 Å². The van der Waals surface area contributed by atoms with Crippen LogP contribution in [-0.4, -0.2) is 30.7 Å². The Morgan fingerprint density at radius 2 is 1.79 bits per heavy atom. The summed E-state index contributed by atoms with van der Waals surface area (Å²) >= 11 is 1.57. The van der Waals surface area contributed by atoms with E-state index in [0.717, 1.165) is 25.0 Å². The number of ether oxygens (including phenoxy) is 3. The Morgan fingerprint density at radius 3 is 2.39 bits per heavy atom. The van der Waals surface area contributed by atoms with Crippen LogP contribution < -0.4 is 19.5 Å². The van der Waals surface area contributed by atoms with Gasteiger partial charge in [-0.1, -0.05) is 6.92 Å². The van der Waals surface area contributed by atoms with E-state index >= 15 is 0 Å². The molecule has 1 atom stereocenters. The molecular weight excluding hydrogens is 376 g/mol. The maximum Gasteiger partial charge on any atom is 0.257 e. The summed E-state index contributed by atoms with van der Waals surface area (Å²) in [5.74, 6) is 1.98. The van der Waals surface area contributed by atoms with Crippen LogP contribution in [0, 0.1) is 5.92 Å². The summed E-state index contributed by atoms with van der Waals surface area (Å²) in [5.41, 5.74) is 1.58. The fourth-order valence-electron chi connectivity index (χ4n) is 3.28. The van der Waals surface area contributed by atoms with Gasteiger partial charge in [0.2, 0.25) is 5.75 Å². The molecule has 1 aliphatic rings. The van der Waals surface area contributed by atoms with E-state index in [1.54, 1.807) is 23.5 Å². The number of rotatable bonds is 8. The summed E-state index contributed by atoms with van der Waals surface area (Å²) in [6, 6.07) is 3.39. The summed E-state index contributed by atoms with van der Waals surface area (Å²) in [5, 5.41) is 3.58. The zero-order chi connectivity index (χ0) is 20.1. The Bertz CT molecular complexity index is 807. The molecule has 1 heterocycles. The maximum absolute atomic E-state index is 12.9. The lowest BCUT2D eigenvalue weighted by Crippen LogP contribution is -2.13. The predicted octanol–water partition coefficient (Wildman–Crippen LogP) is 4.72. The molecule has 0 radical (unpaired) electrons. The highest BCUT2D eigenvalue weighted by Gasteiger charge is 2.22. The summed E-state index contributed by atoms with van der Waals surface area (Å²) in [7, 11) is 0. The number of anilines is 1. The third-order valence-electron chi connectivity index (χ3n) is 4.58. The topological polar surface area (TPSA) is 69.7 Å². The van der Waals surface area contributed by atoms with Gasteiger partial charge in [0, 0.05) is 10.4 Å². The van der Waals surface area contributed by atoms with Gasteiger partial charge in [-0.25, -0.2) is 4.98 Å². The molecule has 6 nitrogen and oxygen atoms in total. The van der Waals surface area contributed by atoms with Gasteiger partial charge in [-0.05, 0) is 58.1 Å². The molecule has 0 saturated carbocycles. The van der Waals surface area contributed by atoms with Crippen molar-refractivity contribution in [3.63, 3.8) is 0 Å². The highest BCUT2D eigenvalue weighted by Crippen LogP contribution is 2.39. The zero-order valence-electron chi connectivity index (χ0n) is 17.0. The van der Waals surface area contributed by atoms with Crippen LogP contribution in [0.15, 0.2) is 12.1 Å². The van der Waals surface area contributed by atoms with Crippen LogP contribution in [0.25, 0.3) is 0 Å². The van der Waals surface area contributed by atoms with E-state index < -0.39 is 0 Å². The van der Waals surface area contributed by atoms with E-state index in [2.05, 4.69) is 17.2 Å². The van der Waals surface area contributed by atoms with Crippen molar-refractivity contribution in [1.29, 1.82) is 0 Å². The van der Waals surface area contributed by atoms with Crippen molar-refractivity contribution in [3.8, 4) is 17.2 Å². The van der Waals surface area contributed by atoms with E-state index in [9.17, 15) is 4.79 Å². The Balaban J connectivity index is 1.86. The number of hydrogen-bond acceptors (Lipinski definition) is 6. The molecule has 152 valence electrons. The number of thiazole rings is 1. The molecule has 28 heavy (non-hydrogen) atoms. The van der Waals surface area contributed by atoms with Crippen LogP contribution in [-0.2, 0) is 12.8 Å². The first-order valence-corrected chi connectivity index (χ1v) is 10.7. The lowest BCUT2D eigenvalue weighted by Gasteiger charge is -2.16. The number of aryl methyl sites for hydroxylation is 1. The smallest absolute Gasteiger partial charge is 0.257 e. The second-order valence-corrected chi connectivity index (χ2v) is 7.88. The number of carbonyl (C=O) groups excluding carboxylic acids is 1. The van der Waals surface area contributed by atoms with E-state index in [-0.39, 0.29) is 5.91 Å². The summed E-state index contributed by atoms with van der Waals surface area (Å²) in [4.78, 5) is 18.8. The lowest BCUT2D eigenvalue weighted by molar-refractivity contribution is 0.102. The zero-order valence-corrected chi connectivity index (χ0v) is 17.8. The van der Waals surface area contributed by atoms with Gasteiger partial charge >= 0.3 is 0 Å². The average Bonchev–Trinajstić information content (AvgIpc) is 3.05. The van der Waals surface area contributed by atoms with Crippen LogP contribution in [0.2, 0.25) is 0 Å². The first-order chi connectivity index (χ1) is 13.5. The minimum absolute atomic E-state index is 0.232. The molecule has 7 heteroatoms. The van der Waals surface area contributed by atoms with Gasteiger partial charge < -0.3 is 14.2 Å². The number of carbonyl (C=O) groups is 1. The second-order valence-electron chi connectivity index (χ2n) is 6.79. The summed E-state index contributed by atoms with van der Waals surface area (Å²) in [6.45, 7) is 9.35. The summed E-state index contributed by atoms with van der Waals surface area (Å²) < 4.78 is 17.1. The molecule has 1 amide bonds. The number of benzene rings is 1. The molecule has 1 aromatic carbocycles. The van der Waals surface area contributed by atoms with Gasteiger partial charge in [-0.3, -0.25) is 10.1 Å². The highest BCUT2D eigenvalue weighted by atomic mass is 32.1. The largest absolute Gasteiger partial charge is 0.490 e. The van der Waals surface area contributed by atoms with Gasteiger partial charge in [0.25, 0.3) is 5.91 Å². The highest BCUT2D eigenvalue weighted by molar-refractivity contribution is 7.15. The molecule has 3 rings (SSSR count). The Labute approximate surface area is 170 Å². The fourth-order valence-corrected chi connectivity index (χ4v) is 4.45. The lowest BCUT2D eigenvalue weighted by atomic mass is 9.93. The molecule has 1 aliphatic carbocycles. The summed E-state index contributed by atoms with van der Waals surface area (Å²) in [6.07, 6.45) is 3.17. The second kappa shape index (κ2) is 9.28. The number of nitrogens with one attached hydrogen (secondary N) is 1. The molecule has 0 saturated heterocycles.